The molecule has 1 aromatic carbocycles. The van der Waals surface area contributed by atoms with E-state index < -0.39 is 6.23 Å². The molecule has 0 radical (unpaired) electrons. The predicted molar refractivity (Wildman–Crippen MR) is 136 cm³/mol. The molecule has 0 saturated carbocycles. The van der Waals surface area contributed by atoms with Gasteiger partial charge < -0.3 is 15.3 Å². The van der Waals surface area contributed by atoms with Gasteiger partial charge in [-0.1, -0.05) is 44.7 Å². The number of benzene rings is 1. The average Bonchev–Trinajstić information content (AvgIpc) is 2.82. The highest BCUT2D eigenvalue weighted by atomic mass is 16.6. The van der Waals surface area contributed by atoms with Crippen molar-refractivity contribution < 1.29 is 9.57 Å². The second-order valence-corrected chi connectivity index (χ2v) is 7.89. The highest BCUT2D eigenvalue weighted by Gasteiger charge is 2.20. The molecule has 1 aliphatic carbocycles. The minimum Gasteiger partial charge on any atom is -0.490 e. The minimum absolute atomic E-state index is 0.0150. The van der Waals surface area contributed by atoms with Crippen LogP contribution in [0.1, 0.15) is 76.6 Å². The molecule has 3 N–H and O–H groups in total. The van der Waals surface area contributed by atoms with Crippen molar-refractivity contribution in [2.75, 3.05) is 0 Å². The third-order valence-electron chi connectivity index (χ3n) is 5.26. The van der Waals surface area contributed by atoms with Crippen molar-refractivity contribution in [2.45, 2.75) is 85.2 Å². The number of nitrogens with one attached hydrogen (secondary N) is 1. The van der Waals surface area contributed by atoms with E-state index in [9.17, 15) is 5.26 Å². The standard InChI is InChI=1S/C25H34N4O2.C2H6/c1-6-24(30-17(2)3)19(15-26)14-13-18(4)25(31-28-5)29-16-20-9-7-11-22-21(20)10-8-12-23(22)27;1-2/h6-7,9,11,14,17,23,25,29H,4-5,8,10,12-13,16,27H2,1-3H3;1-2H3/b19-14-,24-6+;/t23-,25?;/m0./s1. The van der Waals surface area contributed by atoms with E-state index in [4.69, 9.17) is 15.3 Å². The Labute approximate surface area is 199 Å². The Kier molecular flexibility index (Phi) is 12.8. The van der Waals surface area contributed by atoms with Gasteiger partial charge in [-0.2, -0.15) is 5.26 Å². The van der Waals surface area contributed by atoms with E-state index in [1.807, 2.05) is 40.7 Å². The summed E-state index contributed by atoms with van der Waals surface area (Å²) < 4.78 is 5.71. The SMILES string of the molecule is C=NOC(NCc1cccc2c1CCC[C@@H]2N)C(=C)C/C=C(C#N)\C(=C/C)OC(C)C.CC. The summed E-state index contributed by atoms with van der Waals surface area (Å²) in [5.41, 5.74) is 11.2. The monoisotopic (exact) mass is 452 g/mol. The van der Waals surface area contributed by atoms with E-state index in [0.29, 0.717) is 24.3 Å². The number of hydrogen-bond acceptors (Lipinski definition) is 6. The lowest BCUT2D eigenvalue weighted by molar-refractivity contribution is 0.0597. The van der Waals surface area contributed by atoms with Crippen LogP contribution in [-0.2, 0) is 22.5 Å². The van der Waals surface area contributed by atoms with Crippen LogP contribution in [-0.4, -0.2) is 19.0 Å². The van der Waals surface area contributed by atoms with Gasteiger partial charge in [0.2, 0.25) is 6.23 Å². The maximum absolute atomic E-state index is 9.53. The topological polar surface area (TPSA) is 92.7 Å². The predicted octanol–water partition coefficient (Wildman–Crippen LogP) is 5.82. The van der Waals surface area contributed by atoms with E-state index in [0.717, 1.165) is 24.8 Å². The molecule has 2 rings (SSSR count). The summed E-state index contributed by atoms with van der Waals surface area (Å²) in [5, 5.41) is 16.5. The van der Waals surface area contributed by atoms with Crippen LogP contribution in [0, 0.1) is 11.3 Å². The maximum Gasteiger partial charge on any atom is 0.200 e. The van der Waals surface area contributed by atoms with Crippen molar-refractivity contribution in [3.63, 3.8) is 0 Å². The smallest absolute Gasteiger partial charge is 0.200 e. The molecule has 0 bridgehead atoms. The highest BCUT2D eigenvalue weighted by molar-refractivity contribution is 5.40. The number of nitrogens with zero attached hydrogens (tertiary/aromatic N) is 2. The molecule has 0 fully saturated rings. The van der Waals surface area contributed by atoms with Gasteiger partial charge >= 0.3 is 0 Å². The summed E-state index contributed by atoms with van der Waals surface area (Å²) in [5.74, 6) is 0.560. The maximum atomic E-state index is 9.53. The van der Waals surface area contributed by atoms with Crippen LogP contribution in [0.5, 0.6) is 0 Å². The summed E-state index contributed by atoms with van der Waals surface area (Å²) in [6, 6.07) is 8.58. The van der Waals surface area contributed by atoms with Gasteiger partial charge in [0.15, 0.2) is 0 Å². The number of ether oxygens (including phenoxy) is 1. The van der Waals surface area contributed by atoms with Crippen molar-refractivity contribution in [1.29, 1.82) is 5.26 Å². The first-order valence-electron chi connectivity index (χ1n) is 11.7. The zero-order chi connectivity index (χ0) is 24.8. The number of oxime groups is 1. The van der Waals surface area contributed by atoms with Gasteiger partial charge in [-0.05, 0) is 74.8 Å². The highest BCUT2D eigenvalue weighted by Crippen LogP contribution is 2.30. The van der Waals surface area contributed by atoms with Crippen LogP contribution in [0.15, 0.2) is 59.0 Å². The second-order valence-electron chi connectivity index (χ2n) is 7.89. The molecule has 2 atom stereocenters. The van der Waals surface area contributed by atoms with Crippen LogP contribution in [0.2, 0.25) is 0 Å². The molecule has 0 heterocycles. The van der Waals surface area contributed by atoms with Gasteiger partial charge in [-0.3, -0.25) is 5.32 Å². The van der Waals surface area contributed by atoms with E-state index in [1.165, 1.54) is 16.7 Å². The van der Waals surface area contributed by atoms with Gasteiger partial charge in [-0.15, -0.1) is 5.16 Å². The first kappa shape index (κ1) is 28.2. The van der Waals surface area contributed by atoms with Crippen LogP contribution < -0.4 is 11.1 Å². The normalized spacial score (nSPS) is 16.6. The van der Waals surface area contributed by atoms with Crippen LogP contribution >= 0.6 is 0 Å². The third kappa shape index (κ3) is 8.53. The average molecular weight is 453 g/mol. The van der Waals surface area contributed by atoms with Crippen LogP contribution in [0.4, 0.5) is 0 Å². The van der Waals surface area contributed by atoms with Gasteiger partial charge in [0.1, 0.15) is 11.8 Å². The lowest BCUT2D eigenvalue weighted by Crippen LogP contribution is -2.32. The van der Waals surface area contributed by atoms with Crippen LogP contribution in [0.3, 0.4) is 0 Å². The Balaban J connectivity index is 0.00000265. The summed E-state index contributed by atoms with van der Waals surface area (Å²) in [6.07, 6.45) is 6.63. The quantitative estimate of drug-likeness (QED) is 0.0839. The summed E-state index contributed by atoms with van der Waals surface area (Å²) in [6.45, 7) is 17.9. The number of rotatable bonds is 11. The molecule has 0 saturated heterocycles. The van der Waals surface area contributed by atoms with Crippen molar-refractivity contribution in [2.24, 2.45) is 10.9 Å². The molecule has 6 nitrogen and oxygen atoms in total. The molecule has 6 heteroatoms. The molecule has 33 heavy (non-hydrogen) atoms. The number of hydrogen-bond donors (Lipinski definition) is 2. The molecule has 1 aliphatic rings. The van der Waals surface area contributed by atoms with E-state index in [2.05, 4.69) is 42.0 Å². The van der Waals surface area contributed by atoms with Gasteiger partial charge in [0.05, 0.1) is 11.7 Å². The molecule has 0 amide bonds. The summed E-state index contributed by atoms with van der Waals surface area (Å²) >= 11 is 0. The van der Waals surface area contributed by atoms with E-state index in [-0.39, 0.29) is 12.1 Å². The largest absolute Gasteiger partial charge is 0.490 e. The first-order valence-corrected chi connectivity index (χ1v) is 11.7. The van der Waals surface area contributed by atoms with E-state index in [1.54, 1.807) is 12.2 Å². The molecule has 180 valence electrons. The number of nitriles is 1. The summed E-state index contributed by atoms with van der Waals surface area (Å²) in [4.78, 5) is 5.43. The fraction of sp³-hybridized carbons (Fsp3) is 0.481. The van der Waals surface area contributed by atoms with Crippen molar-refractivity contribution in [3.05, 3.63) is 70.5 Å². The fourth-order valence-electron chi connectivity index (χ4n) is 3.74. The van der Waals surface area contributed by atoms with Crippen LogP contribution in [0.25, 0.3) is 0 Å². The molecular formula is C27H40N4O2. The minimum atomic E-state index is -0.526. The first-order chi connectivity index (χ1) is 15.9. The Hall–Kier alpha value is -2.88. The van der Waals surface area contributed by atoms with Crippen molar-refractivity contribution in [1.82, 2.24) is 5.32 Å². The van der Waals surface area contributed by atoms with Crippen molar-refractivity contribution >= 4 is 6.72 Å². The molecular weight excluding hydrogens is 412 g/mol. The Bertz CT molecular complexity index is 881. The zero-order valence-corrected chi connectivity index (χ0v) is 20.9. The Morgan fingerprint density at radius 3 is 2.73 bits per heavy atom. The van der Waals surface area contributed by atoms with E-state index >= 15 is 0 Å². The third-order valence-corrected chi connectivity index (χ3v) is 5.26. The molecule has 1 aromatic rings. The number of fused-ring (bicyclic) bond motifs is 1. The molecule has 0 spiro atoms. The second kappa shape index (κ2) is 15.0. The lowest BCUT2D eigenvalue weighted by Gasteiger charge is -2.25. The molecule has 0 aliphatic heterocycles. The van der Waals surface area contributed by atoms with Gasteiger partial charge in [-0.25, -0.2) is 0 Å². The Morgan fingerprint density at radius 2 is 2.12 bits per heavy atom. The summed E-state index contributed by atoms with van der Waals surface area (Å²) in [7, 11) is 0. The fourth-order valence-corrected chi connectivity index (χ4v) is 3.74. The lowest BCUT2D eigenvalue weighted by atomic mass is 9.85. The van der Waals surface area contributed by atoms with Crippen molar-refractivity contribution in [3.8, 4) is 6.07 Å². The van der Waals surface area contributed by atoms with Gasteiger partial charge in [0.25, 0.3) is 0 Å². The molecule has 0 aromatic heterocycles. The Morgan fingerprint density at radius 1 is 1.39 bits per heavy atom. The van der Waals surface area contributed by atoms with Gasteiger partial charge in [0, 0.05) is 19.3 Å². The number of allylic oxidation sites excluding steroid dienone is 3. The molecule has 1 unspecified atom stereocenters. The number of nitrogens with two attached hydrogens (primary N) is 1. The zero-order valence-electron chi connectivity index (χ0n) is 20.9.